The Labute approximate surface area is 137 Å². The SMILES string of the molecule is CC1(C)[C@H]2CC=C(CCOC(=O)C3CC(n4cccn4)C3)[C@@H]1C2. The van der Waals surface area contributed by atoms with Gasteiger partial charge in [-0.25, -0.2) is 0 Å². The number of carbonyl (C=O) groups excluding carboxylic acids is 1. The molecule has 23 heavy (non-hydrogen) atoms. The van der Waals surface area contributed by atoms with Crippen molar-refractivity contribution in [1.82, 2.24) is 9.78 Å². The summed E-state index contributed by atoms with van der Waals surface area (Å²) in [6, 6.07) is 2.30. The lowest BCUT2D eigenvalue weighted by Gasteiger charge is -2.56. The third kappa shape index (κ3) is 2.52. The summed E-state index contributed by atoms with van der Waals surface area (Å²) >= 11 is 0. The summed E-state index contributed by atoms with van der Waals surface area (Å²) in [7, 11) is 0. The molecular formula is C19H26N2O2. The zero-order chi connectivity index (χ0) is 16.0. The van der Waals surface area contributed by atoms with Crippen molar-refractivity contribution in [2.45, 2.75) is 52.0 Å². The molecule has 4 aliphatic carbocycles. The fraction of sp³-hybridized carbons (Fsp3) is 0.684. The molecule has 5 rings (SSSR count). The molecule has 0 saturated heterocycles. The fourth-order valence-electron chi connectivity index (χ4n) is 4.64. The second kappa shape index (κ2) is 5.50. The second-order valence-corrected chi connectivity index (χ2v) is 8.05. The molecule has 2 bridgehead atoms. The molecule has 0 radical (unpaired) electrons. The van der Waals surface area contributed by atoms with E-state index in [0.717, 1.165) is 25.2 Å². The highest BCUT2D eigenvalue weighted by atomic mass is 16.5. The van der Waals surface area contributed by atoms with E-state index in [2.05, 4.69) is 25.0 Å². The van der Waals surface area contributed by atoms with E-state index < -0.39 is 0 Å². The smallest absolute Gasteiger partial charge is 0.309 e. The Hall–Kier alpha value is -1.58. The van der Waals surface area contributed by atoms with E-state index in [1.807, 2.05) is 16.9 Å². The Bertz CT molecular complexity index is 611. The Balaban J connectivity index is 1.21. The topological polar surface area (TPSA) is 44.1 Å². The molecule has 1 aromatic rings. The van der Waals surface area contributed by atoms with Gasteiger partial charge in [-0.2, -0.15) is 5.10 Å². The molecular weight excluding hydrogens is 288 g/mol. The van der Waals surface area contributed by atoms with Crippen molar-refractivity contribution >= 4 is 5.97 Å². The summed E-state index contributed by atoms with van der Waals surface area (Å²) in [5.74, 6) is 1.63. The minimum atomic E-state index is -0.0180. The molecule has 0 amide bonds. The van der Waals surface area contributed by atoms with Crippen LogP contribution in [0.1, 0.15) is 52.0 Å². The first-order chi connectivity index (χ1) is 11.1. The predicted molar refractivity (Wildman–Crippen MR) is 87.6 cm³/mol. The van der Waals surface area contributed by atoms with Gasteiger partial charge in [0.2, 0.25) is 0 Å². The van der Waals surface area contributed by atoms with E-state index in [0.29, 0.717) is 24.0 Å². The van der Waals surface area contributed by atoms with Crippen LogP contribution in [0.15, 0.2) is 30.1 Å². The highest BCUT2D eigenvalue weighted by molar-refractivity contribution is 5.73. The lowest BCUT2D eigenvalue weighted by molar-refractivity contribution is -0.153. The number of carbonyl (C=O) groups is 1. The number of allylic oxidation sites excluding steroid dienone is 1. The van der Waals surface area contributed by atoms with Crippen molar-refractivity contribution in [3.63, 3.8) is 0 Å². The third-order valence-corrected chi connectivity index (χ3v) is 6.56. The average Bonchev–Trinajstić information content (AvgIpc) is 2.99. The molecule has 124 valence electrons. The number of hydrogen-bond donors (Lipinski definition) is 0. The van der Waals surface area contributed by atoms with E-state index in [1.165, 1.54) is 18.4 Å². The molecule has 0 unspecified atom stereocenters. The average molecular weight is 314 g/mol. The molecule has 4 nitrogen and oxygen atoms in total. The zero-order valence-corrected chi connectivity index (χ0v) is 14.1. The van der Waals surface area contributed by atoms with Crippen molar-refractivity contribution in [1.29, 1.82) is 0 Å². The monoisotopic (exact) mass is 314 g/mol. The molecule has 1 heterocycles. The molecule has 4 aliphatic rings. The van der Waals surface area contributed by atoms with Crippen molar-refractivity contribution in [3.05, 3.63) is 30.1 Å². The Morgan fingerprint density at radius 3 is 2.87 bits per heavy atom. The first kappa shape index (κ1) is 15.0. The quantitative estimate of drug-likeness (QED) is 0.614. The second-order valence-electron chi connectivity index (χ2n) is 8.05. The van der Waals surface area contributed by atoms with Crippen LogP contribution < -0.4 is 0 Å². The molecule has 0 aliphatic heterocycles. The summed E-state index contributed by atoms with van der Waals surface area (Å²) in [4.78, 5) is 12.1. The number of fused-ring (bicyclic) bond motifs is 1. The summed E-state index contributed by atoms with van der Waals surface area (Å²) < 4.78 is 7.49. The number of rotatable bonds is 5. The summed E-state index contributed by atoms with van der Waals surface area (Å²) in [5, 5.41) is 4.24. The molecule has 2 atom stereocenters. The van der Waals surface area contributed by atoms with Crippen LogP contribution in [0.5, 0.6) is 0 Å². The van der Waals surface area contributed by atoms with E-state index in [-0.39, 0.29) is 11.9 Å². The fourth-order valence-corrected chi connectivity index (χ4v) is 4.64. The highest BCUT2D eigenvalue weighted by Crippen LogP contribution is 2.59. The summed E-state index contributed by atoms with van der Waals surface area (Å²) in [5.41, 5.74) is 1.98. The van der Waals surface area contributed by atoms with Crippen molar-refractivity contribution < 1.29 is 9.53 Å². The molecule has 0 spiro atoms. The van der Waals surface area contributed by atoms with Gasteiger partial charge >= 0.3 is 5.97 Å². The van der Waals surface area contributed by atoms with E-state index in [4.69, 9.17) is 4.74 Å². The number of hydrogen-bond acceptors (Lipinski definition) is 3. The molecule has 2 saturated carbocycles. The number of ether oxygens (including phenoxy) is 1. The van der Waals surface area contributed by atoms with Crippen LogP contribution in [0.2, 0.25) is 0 Å². The van der Waals surface area contributed by atoms with Gasteiger partial charge in [0.1, 0.15) is 0 Å². The summed E-state index contributed by atoms with van der Waals surface area (Å²) in [6.45, 7) is 5.31. The maximum atomic E-state index is 12.1. The van der Waals surface area contributed by atoms with Gasteiger partial charge in [-0.3, -0.25) is 9.48 Å². The lowest BCUT2D eigenvalue weighted by Crippen LogP contribution is -2.48. The van der Waals surface area contributed by atoms with Gasteiger partial charge in [-0.15, -0.1) is 0 Å². The van der Waals surface area contributed by atoms with Gasteiger partial charge in [-0.05, 0) is 49.0 Å². The molecule has 4 heteroatoms. The minimum absolute atomic E-state index is 0.0180. The molecule has 1 aromatic heterocycles. The number of nitrogens with zero attached hydrogens (tertiary/aromatic N) is 2. The largest absolute Gasteiger partial charge is 0.465 e. The normalized spacial score (nSPS) is 34.1. The maximum absolute atomic E-state index is 12.1. The standard InChI is InChI=1S/C19H26N2O2/c1-19(2)15-5-4-13(17(19)12-15)6-9-23-18(22)14-10-16(11-14)21-8-3-7-20-21/h3-4,7-8,14-17H,5-6,9-12H2,1-2H3/t14?,15-,16?,17-/m0/s1. The molecule has 0 aromatic carbocycles. The van der Waals surface area contributed by atoms with Crippen LogP contribution >= 0.6 is 0 Å². The van der Waals surface area contributed by atoms with E-state index in [1.54, 1.807) is 6.20 Å². The highest BCUT2D eigenvalue weighted by Gasteiger charge is 2.50. The third-order valence-electron chi connectivity index (χ3n) is 6.56. The van der Waals surface area contributed by atoms with Gasteiger partial charge in [0.25, 0.3) is 0 Å². The van der Waals surface area contributed by atoms with Gasteiger partial charge in [0.15, 0.2) is 0 Å². The Morgan fingerprint density at radius 1 is 1.39 bits per heavy atom. The van der Waals surface area contributed by atoms with Crippen LogP contribution in [0.3, 0.4) is 0 Å². The summed E-state index contributed by atoms with van der Waals surface area (Å²) in [6.07, 6.45) is 11.3. The van der Waals surface area contributed by atoms with Crippen molar-refractivity contribution in [2.24, 2.45) is 23.2 Å². The van der Waals surface area contributed by atoms with Crippen LogP contribution in [-0.2, 0) is 9.53 Å². The predicted octanol–water partition coefficient (Wildman–Crippen LogP) is 3.76. The maximum Gasteiger partial charge on any atom is 0.309 e. The first-order valence-electron chi connectivity index (χ1n) is 8.90. The lowest BCUT2D eigenvalue weighted by atomic mass is 9.48. The Kier molecular flexibility index (Phi) is 3.58. The minimum Gasteiger partial charge on any atom is -0.465 e. The van der Waals surface area contributed by atoms with Crippen LogP contribution in [0, 0.1) is 23.2 Å². The van der Waals surface area contributed by atoms with Crippen molar-refractivity contribution in [3.8, 4) is 0 Å². The zero-order valence-electron chi connectivity index (χ0n) is 14.1. The van der Waals surface area contributed by atoms with Crippen LogP contribution in [0.4, 0.5) is 0 Å². The Morgan fingerprint density at radius 2 is 2.22 bits per heavy atom. The van der Waals surface area contributed by atoms with E-state index >= 15 is 0 Å². The van der Waals surface area contributed by atoms with Gasteiger partial charge < -0.3 is 4.74 Å². The van der Waals surface area contributed by atoms with Crippen molar-refractivity contribution in [2.75, 3.05) is 6.61 Å². The van der Waals surface area contributed by atoms with Crippen LogP contribution in [-0.4, -0.2) is 22.4 Å². The number of aromatic nitrogens is 2. The number of esters is 1. The van der Waals surface area contributed by atoms with Crippen LogP contribution in [0.25, 0.3) is 0 Å². The molecule has 2 fully saturated rings. The van der Waals surface area contributed by atoms with Gasteiger partial charge in [0.05, 0.1) is 18.6 Å². The van der Waals surface area contributed by atoms with Gasteiger partial charge in [-0.1, -0.05) is 25.5 Å². The van der Waals surface area contributed by atoms with E-state index in [9.17, 15) is 4.79 Å². The van der Waals surface area contributed by atoms with Gasteiger partial charge in [0, 0.05) is 18.8 Å². The first-order valence-corrected chi connectivity index (χ1v) is 8.90. The molecule has 0 N–H and O–H groups in total.